The Hall–Kier alpha value is -2.03. The molecule has 0 radical (unpaired) electrons. The predicted octanol–water partition coefficient (Wildman–Crippen LogP) is 3.39. The molecular formula is C13H11F3N4OS. The third-order valence-electron chi connectivity index (χ3n) is 3.21. The highest BCUT2D eigenvalue weighted by atomic mass is 32.1. The maximum Gasteiger partial charge on any atom is 0.433 e. The van der Waals surface area contributed by atoms with Gasteiger partial charge in [0.1, 0.15) is 10.7 Å². The van der Waals surface area contributed by atoms with Crippen molar-refractivity contribution in [2.24, 2.45) is 0 Å². The van der Waals surface area contributed by atoms with Crippen LogP contribution in [0.5, 0.6) is 0 Å². The quantitative estimate of drug-likeness (QED) is 0.938. The minimum absolute atomic E-state index is 0.0132. The number of anilines is 1. The molecule has 1 saturated carbocycles. The molecule has 2 heterocycles. The normalized spacial score (nSPS) is 14.9. The van der Waals surface area contributed by atoms with E-state index in [4.69, 9.17) is 0 Å². The van der Waals surface area contributed by atoms with E-state index < -0.39 is 17.8 Å². The average Bonchev–Trinajstić information content (AvgIpc) is 3.18. The average molecular weight is 328 g/mol. The summed E-state index contributed by atoms with van der Waals surface area (Å²) >= 11 is 1.29. The maximum absolute atomic E-state index is 12.6. The maximum atomic E-state index is 12.6. The van der Waals surface area contributed by atoms with Crippen LogP contribution in [0.4, 0.5) is 18.3 Å². The summed E-state index contributed by atoms with van der Waals surface area (Å²) in [6.45, 7) is 1.36. The van der Waals surface area contributed by atoms with E-state index in [1.165, 1.54) is 18.3 Å². The molecule has 0 atom stereocenters. The monoisotopic (exact) mass is 328 g/mol. The summed E-state index contributed by atoms with van der Waals surface area (Å²) in [5, 5.41) is 11.6. The molecule has 5 nitrogen and oxygen atoms in total. The lowest BCUT2D eigenvalue weighted by Crippen LogP contribution is -2.16. The van der Waals surface area contributed by atoms with E-state index in [9.17, 15) is 18.0 Å². The van der Waals surface area contributed by atoms with E-state index >= 15 is 0 Å². The van der Waals surface area contributed by atoms with Crippen molar-refractivity contribution < 1.29 is 18.0 Å². The predicted molar refractivity (Wildman–Crippen MR) is 73.8 cm³/mol. The molecule has 9 heteroatoms. The van der Waals surface area contributed by atoms with Gasteiger partial charge in [0.2, 0.25) is 5.13 Å². The van der Waals surface area contributed by atoms with Crippen molar-refractivity contribution in [3.8, 4) is 0 Å². The number of aromatic nitrogens is 3. The number of amides is 1. The smallest absolute Gasteiger partial charge is 0.296 e. The third-order valence-corrected chi connectivity index (χ3v) is 4.21. The van der Waals surface area contributed by atoms with E-state index in [2.05, 4.69) is 20.5 Å². The van der Waals surface area contributed by atoms with Gasteiger partial charge in [-0.25, -0.2) is 4.98 Å². The SMILES string of the molecule is Cc1nc(C(F)(F)F)ccc1C(=O)Nc1nnc(C2CC2)s1. The zero-order chi connectivity index (χ0) is 15.9. The lowest BCUT2D eigenvalue weighted by Gasteiger charge is -2.09. The van der Waals surface area contributed by atoms with Crippen LogP contribution in [0.25, 0.3) is 0 Å². The number of carbonyl (C=O) groups is 1. The molecule has 0 aliphatic heterocycles. The number of halogens is 3. The summed E-state index contributed by atoms with van der Waals surface area (Å²) in [5.41, 5.74) is -0.927. The van der Waals surface area contributed by atoms with Gasteiger partial charge in [0, 0.05) is 5.92 Å². The molecular weight excluding hydrogens is 317 g/mol. The molecule has 1 fully saturated rings. The molecule has 1 aliphatic rings. The van der Waals surface area contributed by atoms with E-state index in [0.29, 0.717) is 11.0 Å². The number of aryl methyl sites for hydroxylation is 1. The summed E-state index contributed by atoms with van der Waals surface area (Å²) in [6, 6.07) is 1.90. The van der Waals surface area contributed by atoms with E-state index in [1.54, 1.807) is 0 Å². The Bertz CT molecular complexity index is 724. The van der Waals surface area contributed by atoms with Gasteiger partial charge >= 0.3 is 6.18 Å². The van der Waals surface area contributed by atoms with Crippen LogP contribution in [-0.4, -0.2) is 21.1 Å². The van der Waals surface area contributed by atoms with Crippen molar-refractivity contribution >= 4 is 22.4 Å². The van der Waals surface area contributed by atoms with Crippen LogP contribution in [0.3, 0.4) is 0 Å². The summed E-state index contributed by atoms with van der Waals surface area (Å²) in [6.07, 6.45) is -2.38. The van der Waals surface area contributed by atoms with E-state index in [0.717, 1.165) is 30.0 Å². The number of hydrogen-bond acceptors (Lipinski definition) is 5. The number of pyridine rings is 1. The molecule has 0 saturated heterocycles. The molecule has 1 amide bonds. The van der Waals surface area contributed by atoms with Crippen molar-refractivity contribution in [2.45, 2.75) is 31.9 Å². The molecule has 3 rings (SSSR count). The van der Waals surface area contributed by atoms with Gasteiger partial charge in [-0.15, -0.1) is 10.2 Å². The van der Waals surface area contributed by atoms with Gasteiger partial charge in [-0.05, 0) is 31.9 Å². The highest BCUT2D eigenvalue weighted by Gasteiger charge is 2.33. The second-order valence-electron chi connectivity index (χ2n) is 5.00. The number of nitrogens with one attached hydrogen (secondary N) is 1. The number of alkyl halides is 3. The number of carbonyl (C=O) groups excluding carboxylic acids is 1. The summed E-state index contributed by atoms with van der Waals surface area (Å²) < 4.78 is 37.7. The molecule has 1 N–H and O–H groups in total. The van der Waals surface area contributed by atoms with Gasteiger partial charge < -0.3 is 0 Å². The Balaban J connectivity index is 1.76. The van der Waals surface area contributed by atoms with Gasteiger partial charge in [-0.1, -0.05) is 11.3 Å². The van der Waals surface area contributed by atoms with Crippen molar-refractivity contribution in [3.63, 3.8) is 0 Å². The first-order chi connectivity index (χ1) is 10.3. The molecule has 0 bridgehead atoms. The Morgan fingerprint density at radius 1 is 1.32 bits per heavy atom. The van der Waals surface area contributed by atoms with Gasteiger partial charge in [0.25, 0.3) is 5.91 Å². The van der Waals surface area contributed by atoms with Gasteiger partial charge in [-0.3, -0.25) is 10.1 Å². The van der Waals surface area contributed by atoms with Crippen molar-refractivity contribution in [1.82, 2.24) is 15.2 Å². The Labute approximate surface area is 127 Å². The summed E-state index contributed by atoms with van der Waals surface area (Å²) in [7, 11) is 0. The summed E-state index contributed by atoms with van der Waals surface area (Å²) in [5.74, 6) is -0.116. The minimum atomic E-state index is -4.53. The molecule has 0 unspecified atom stereocenters. The van der Waals surface area contributed by atoms with Gasteiger partial charge in [-0.2, -0.15) is 13.2 Å². The Kier molecular flexibility index (Phi) is 3.59. The second-order valence-corrected chi connectivity index (χ2v) is 6.01. The third kappa shape index (κ3) is 3.08. The van der Waals surface area contributed by atoms with Gasteiger partial charge in [0.15, 0.2) is 0 Å². The minimum Gasteiger partial charge on any atom is -0.296 e. The fourth-order valence-corrected chi connectivity index (χ4v) is 2.81. The lowest BCUT2D eigenvalue weighted by atomic mass is 10.1. The van der Waals surface area contributed by atoms with Crippen LogP contribution in [0.1, 0.15) is 45.5 Å². The van der Waals surface area contributed by atoms with Gasteiger partial charge in [0.05, 0.1) is 11.3 Å². The first kappa shape index (κ1) is 14.9. The Morgan fingerprint density at radius 3 is 2.64 bits per heavy atom. The van der Waals surface area contributed by atoms with Crippen LogP contribution in [0, 0.1) is 6.92 Å². The van der Waals surface area contributed by atoms with Crippen LogP contribution >= 0.6 is 11.3 Å². The molecule has 1 aliphatic carbocycles. The molecule has 116 valence electrons. The fraction of sp³-hybridized carbons (Fsp3) is 0.385. The van der Waals surface area contributed by atoms with Crippen molar-refractivity contribution in [1.29, 1.82) is 0 Å². The topological polar surface area (TPSA) is 67.8 Å². The zero-order valence-electron chi connectivity index (χ0n) is 11.4. The number of nitrogens with zero attached hydrogens (tertiary/aromatic N) is 3. The first-order valence-corrected chi connectivity index (χ1v) is 7.36. The molecule has 2 aromatic heterocycles. The molecule has 0 aromatic carbocycles. The van der Waals surface area contributed by atoms with Crippen molar-refractivity contribution in [2.75, 3.05) is 5.32 Å². The largest absolute Gasteiger partial charge is 0.433 e. The highest BCUT2D eigenvalue weighted by Crippen LogP contribution is 2.42. The molecule has 2 aromatic rings. The van der Waals surface area contributed by atoms with Crippen LogP contribution in [0.15, 0.2) is 12.1 Å². The number of rotatable bonds is 3. The van der Waals surface area contributed by atoms with E-state index in [1.807, 2.05) is 0 Å². The van der Waals surface area contributed by atoms with E-state index in [-0.39, 0.29) is 11.3 Å². The standard InChI is InChI=1S/C13H11F3N4OS/c1-6-8(4-5-9(17-6)13(14,15)16)10(21)18-12-20-19-11(22-12)7-2-3-7/h4-5,7H,2-3H2,1H3,(H,18,20,21). The van der Waals surface area contributed by atoms with Crippen LogP contribution in [0.2, 0.25) is 0 Å². The molecule has 0 spiro atoms. The second kappa shape index (κ2) is 5.31. The highest BCUT2D eigenvalue weighted by molar-refractivity contribution is 7.15. The zero-order valence-corrected chi connectivity index (χ0v) is 12.3. The Morgan fingerprint density at radius 2 is 2.05 bits per heavy atom. The lowest BCUT2D eigenvalue weighted by molar-refractivity contribution is -0.141. The molecule has 22 heavy (non-hydrogen) atoms. The van der Waals surface area contributed by atoms with Crippen LogP contribution < -0.4 is 5.32 Å². The number of hydrogen-bond donors (Lipinski definition) is 1. The van der Waals surface area contributed by atoms with Crippen molar-refractivity contribution in [3.05, 3.63) is 34.1 Å². The first-order valence-electron chi connectivity index (χ1n) is 6.54. The van der Waals surface area contributed by atoms with Crippen LogP contribution in [-0.2, 0) is 6.18 Å². The summed E-state index contributed by atoms with van der Waals surface area (Å²) in [4.78, 5) is 15.5. The fourth-order valence-electron chi connectivity index (χ4n) is 1.90.